The summed E-state index contributed by atoms with van der Waals surface area (Å²) in [5, 5.41) is 0.168. The van der Waals surface area contributed by atoms with Crippen LogP contribution in [0.15, 0.2) is 18.2 Å². The number of hydrogen-bond acceptors (Lipinski definition) is 3. The summed E-state index contributed by atoms with van der Waals surface area (Å²) in [6.07, 6.45) is 0.454. The molecule has 1 saturated heterocycles. The second-order valence-electron chi connectivity index (χ2n) is 4.37. The lowest BCUT2D eigenvalue weighted by Gasteiger charge is -2.19. The molecule has 0 spiro atoms. The Morgan fingerprint density at radius 1 is 1.50 bits per heavy atom. The third kappa shape index (κ3) is 3.06. The second kappa shape index (κ2) is 5.61. The molecular formula is C13H14INO2S. The normalized spacial score (nSPS) is 19.4. The quantitative estimate of drug-likeness (QED) is 0.746. The van der Waals surface area contributed by atoms with Gasteiger partial charge in [-0.3, -0.25) is 9.59 Å². The van der Waals surface area contributed by atoms with Crippen LogP contribution in [0.3, 0.4) is 0 Å². The number of carbonyl (C=O) groups excluding carboxylic acids is 2. The van der Waals surface area contributed by atoms with Crippen molar-refractivity contribution in [3.8, 4) is 0 Å². The molecule has 0 aromatic heterocycles. The average molecular weight is 375 g/mol. The summed E-state index contributed by atoms with van der Waals surface area (Å²) < 4.78 is 1.11. The summed E-state index contributed by atoms with van der Waals surface area (Å²) in [6.45, 7) is 4.18. The van der Waals surface area contributed by atoms with Crippen molar-refractivity contribution < 1.29 is 9.59 Å². The summed E-state index contributed by atoms with van der Waals surface area (Å²) in [4.78, 5) is 24.9. The van der Waals surface area contributed by atoms with E-state index in [9.17, 15) is 9.59 Å². The Morgan fingerprint density at radius 3 is 2.89 bits per heavy atom. The number of carbonyl (C=O) groups is 2. The van der Waals surface area contributed by atoms with Gasteiger partial charge in [-0.25, -0.2) is 0 Å². The Kier molecular flexibility index (Phi) is 4.32. The van der Waals surface area contributed by atoms with E-state index in [0.717, 1.165) is 14.8 Å². The minimum atomic E-state index is 0.0778. The number of hydrogen-bond donors (Lipinski definition) is 0. The van der Waals surface area contributed by atoms with Gasteiger partial charge in [0.2, 0.25) is 5.91 Å². The lowest BCUT2D eigenvalue weighted by Crippen LogP contribution is -2.25. The monoisotopic (exact) mass is 375 g/mol. The van der Waals surface area contributed by atoms with Gasteiger partial charge in [-0.2, -0.15) is 0 Å². The highest BCUT2D eigenvalue weighted by molar-refractivity contribution is 14.1. The molecule has 0 bridgehead atoms. The van der Waals surface area contributed by atoms with Crippen LogP contribution >= 0.6 is 34.4 Å². The second-order valence-corrected chi connectivity index (χ2v) is 7.09. The van der Waals surface area contributed by atoms with Crippen molar-refractivity contribution in [2.75, 3.05) is 11.4 Å². The van der Waals surface area contributed by atoms with Gasteiger partial charge in [-0.15, -0.1) is 0 Å². The molecule has 1 unspecified atom stereocenters. The van der Waals surface area contributed by atoms with Crippen molar-refractivity contribution in [1.82, 2.24) is 0 Å². The van der Waals surface area contributed by atoms with E-state index in [0.29, 0.717) is 13.0 Å². The van der Waals surface area contributed by atoms with Crippen molar-refractivity contribution in [3.05, 3.63) is 27.3 Å². The van der Waals surface area contributed by atoms with Crippen LogP contribution in [0.4, 0.5) is 5.69 Å². The largest absolute Gasteiger partial charge is 0.311 e. The van der Waals surface area contributed by atoms with E-state index in [1.807, 2.05) is 25.1 Å². The fraction of sp³-hybridized carbons (Fsp3) is 0.385. The van der Waals surface area contributed by atoms with Gasteiger partial charge in [0.05, 0.1) is 0 Å². The lowest BCUT2D eigenvalue weighted by molar-refractivity contribution is -0.117. The number of anilines is 1. The van der Waals surface area contributed by atoms with Gasteiger partial charge in [0.1, 0.15) is 0 Å². The van der Waals surface area contributed by atoms with E-state index in [1.54, 1.807) is 11.8 Å². The van der Waals surface area contributed by atoms with Crippen molar-refractivity contribution in [2.45, 2.75) is 25.5 Å². The number of nitrogens with zero attached hydrogens (tertiary/aromatic N) is 1. The molecule has 96 valence electrons. The summed E-state index contributed by atoms with van der Waals surface area (Å²) in [6, 6.07) is 6.08. The van der Waals surface area contributed by atoms with Crippen molar-refractivity contribution in [1.29, 1.82) is 0 Å². The van der Waals surface area contributed by atoms with Gasteiger partial charge < -0.3 is 4.90 Å². The molecular weight excluding hydrogens is 361 g/mol. The van der Waals surface area contributed by atoms with E-state index in [1.165, 1.54) is 11.8 Å². The van der Waals surface area contributed by atoms with Gasteiger partial charge >= 0.3 is 0 Å². The molecule has 0 aliphatic carbocycles. The Hall–Kier alpha value is -0.560. The standard InChI is InChI=1S/C13H14INO2S/c1-8-3-4-10(14)5-12(8)15-7-11(6-13(15)17)18-9(2)16/h3-5,11H,6-7H2,1-2H3. The highest BCUT2D eigenvalue weighted by atomic mass is 127. The number of rotatable bonds is 2. The topological polar surface area (TPSA) is 37.4 Å². The highest BCUT2D eigenvalue weighted by Gasteiger charge is 2.32. The predicted molar refractivity (Wildman–Crippen MR) is 82.9 cm³/mol. The molecule has 5 heteroatoms. The van der Waals surface area contributed by atoms with E-state index in [2.05, 4.69) is 22.6 Å². The first-order valence-electron chi connectivity index (χ1n) is 5.71. The summed E-state index contributed by atoms with van der Waals surface area (Å²) in [7, 11) is 0. The van der Waals surface area contributed by atoms with E-state index >= 15 is 0 Å². The molecule has 0 N–H and O–H groups in total. The van der Waals surface area contributed by atoms with Gasteiger partial charge in [0.15, 0.2) is 5.12 Å². The van der Waals surface area contributed by atoms with Crippen LogP contribution in [0, 0.1) is 10.5 Å². The summed E-state index contributed by atoms with van der Waals surface area (Å²) in [5.41, 5.74) is 2.07. The highest BCUT2D eigenvalue weighted by Crippen LogP contribution is 2.31. The van der Waals surface area contributed by atoms with Crippen LogP contribution < -0.4 is 4.90 Å². The Balaban J connectivity index is 2.21. The van der Waals surface area contributed by atoms with Crippen LogP contribution in [-0.2, 0) is 9.59 Å². The smallest absolute Gasteiger partial charge is 0.228 e. The molecule has 3 nitrogen and oxygen atoms in total. The Bertz CT molecular complexity index is 504. The zero-order chi connectivity index (χ0) is 13.3. The zero-order valence-electron chi connectivity index (χ0n) is 10.3. The predicted octanol–water partition coefficient (Wildman–Crippen LogP) is 2.98. The molecule has 0 saturated carbocycles. The van der Waals surface area contributed by atoms with Crippen molar-refractivity contribution in [3.63, 3.8) is 0 Å². The average Bonchev–Trinajstić information content (AvgIpc) is 2.62. The minimum Gasteiger partial charge on any atom is -0.311 e. The van der Waals surface area contributed by atoms with E-state index in [4.69, 9.17) is 0 Å². The molecule has 18 heavy (non-hydrogen) atoms. The number of halogens is 1. The number of aryl methyl sites for hydroxylation is 1. The molecule has 1 aliphatic rings. The van der Waals surface area contributed by atoms with Crippen molar-refractivity contribution >= 4 is 51.1 Å². The first kappa shape index (κ1) is 13.9. The van der Waals surface area contributed by atoms with Crippen LogP contribution in [0.5, 0.6) is 0 Å². The molecule has 1 atom stereocenters. The Morgan fingerprint density at radius 2 is 2.22 bits per heavy atom. The zero-order valence-corrected chi connectivity index (χ0v) is 13.2. The maximum Gasteiger partial charge on any atom is 0.228 e. The van der Waals surface area contributed by atoms with Gasteiger partial charge in [-0.1, -0.05) is 17.8 Å². The lowest BCUT2D eigenvalue weighted by atomic mass is 10.2. The summed E-state index contributed by atoms with van der Waals surface area (Å²) >= 11 is 3.51. The first-order valence-corrected chi connectivity index (χ1v) is 7.67. The van der Waals surface area contributed by atoms with Crippen LogP contribution in [0.2, 0.25) is 0 Å². The molecule has 1 aliphatic heterocycles. The molecule has 2 rings (SSSR count). The molecule has 1 heterocycles. The fourth-order valence-electron chi connectivity index (χ4n) is 2.09. The number of amides is 1. The van der Waals surface area contributed by atoms with Gasteiger partial charge in [0, 0.05) is 34.4 Å². The molecule has 0 radical (unpaired) electrons. The van der Waals surface area contributed by atoms with Crippen LogP contribution in [-0.4, -0.2) is 22.8 Å². The molecule has 1 fully saturated rings. The Labute approximate surface area is 124 Å². The SMILES string of the molecule is CC(=O)SC1CC(=O)N(c2cc(I)ccc2C)C1. The van der Waals surface area contributed by atoms with E-state index in [-0.39, 0.29) is 16.3 Å². The van der Waals surface area contributed by atoms with E-state index < -0.39 is 0 Å². The fourth-order valence-corrected chi connectivity index (χ4v) is 3.49. The maximum atomic E-state index is 12.0. The van der Waals surface area contributed by atoms with Crippen LogP contribution in [0.1, 0.15) is 18.9 Å². The molecule has 1 amide bonds. The number of thioether (sulfide) groups is 1. The van der Waals surface area contributed by atoms with Gasteiger partial charge in [0.25, 0.3) is 0 Å². The summed E-state index contributed by atoms with van der Waals surface area (Å²) in [5.74, 6) is 0.110. The maximum absolute atomic E-state index is 12.0. The third-order valence-corrected chi connectivity index (χ3v) is 4.54. The van der Waals surface area contributed by atoms with Crippen molar-refractivity contribution in [2.24, 2.45) is 0 Å². The molecule has 1 aromatic carbocycles. The molecule has 1 aromatic rings. The first-order chi connectivity index (χ1) is 8.47. The number of benzene rings is 1. The third-order valence-electron chi connectivity index (χ3n) is 2.88. The van der Waals surface area contributed by atoms with Crippen LogP contribution in [0.25, 0.3) is 0 Å². The minimum absolute atomic E-state index is 0.0778. The van der Waals surface area contributed by atoms with Gasteiger partial charge in [-0.05, 0) is 47.2 Å².